The molecule has 2 fully saturated rings. The van der Waals surface area contributed by atoms with Crippen molar-refractivity contribution in [3.05, 3.63) is 66.0 Å². The molecule has 2 aromatic carbocycles. The fourth-order valence-corrected chi connectivity index (χ4v) is 5.43. The van der Waals surface area contributed by atoms with Crippen LogP contribution in [0, 0.1) is 5.82 Å². The third-order valence-electron chi connectivity index (χ3n) is 4.92. The molecule has 24 heavy (non-hydrogen) atoms. The van der Waals surface area contributed by atoms with Crippen molar-refractivity contribution in [3.8, 4) is 0 Å². The van der Waals surface area contributed by atoms with Gasteiger partial charge in [-0.05, 0) is 42.7 Å². The molecule has 4 rings (SSSR count). The molecule has 0 bridgehead atoms. The van der Waals surface area contributed by atoms with Gasteiger partial charge in [0, 0.05) is 19.1 Å². The topological polar surface area (TPSA) is 40.6 Å². The maximum atomic E-state index is 13.2. The number of sulfonamides is 1. The summed E-state index contributed by atoms with van der Waals surface area (Å²) in [5, 5.41) is 0. The van der Waals surface area contributed by atoms with E-state index in [1.165, 1.54) is 24.3 Å². The summed E-state index contributed by atoms with van der Waals surface area (Å²) in [6.45, 7) is 1.39. The largest absolute Gasteiger partial charge is 0.279 e. The molecule has 2 heterocycles. The fourth-order valence-electron chi connectivity index (χ4n) is 3.80. The van der Waals surface area contributed by atoms with Gasteiger partial charge in [-0.3, -0.25) is 4.90 Å². The van der Waals surface area contributed by atoms with E-state index in [0.29, 0.717) is 6.54 Å². The summed E-state index contributed by atoms with van der Waals surface area (Å²) in [5.41, 5.74) is 0.979. The van der Waals surface area contributed by atoms with Gasteiger partial charge in [0.15, 0.2) is 0 Å². The Morgan fingerprint density at radius 3 is 2.42 bits per heavy atom. The normalized spacial score (nSPS) is 25.0. The Balaban J connectivity index is 1.76. The van der Waals surface area contributed by atoms with Gasteiger partial charge in [0.05, 0.1) is 4.90 Å². The van der Waals surface area contributed by atoms with Crippen LogP contribution in [-0.2, 0) is 10.0 Å². The van der Waals surface area contributed by atoms with Gasteiger partial charge >= 0.3 is 0 Å². The maximum Gasteiger partial charge on any atom is 0.244 e. The van der Waals surface area contributed by atoms with Gasteiger partial charge in [0.2, 0.25) is 10.0 Å². The third-order valence-corrected chi connectivity index (χ3v) is 6.75. The molecule has 0 radical (unpaired) electrons. The van der Waals surface area contributed by atoms with Crippen molar-refractivity contribution in [1.82, 2.24) is 9.21 Å². The Hall–Kier alpha value is -1.76. The van der Waals surface area contributed by atoms with Crippen LogP contribution >= 0.6 is 0 Å². The zero-order valence-electron chi connectivity index (χ0n) is 13.2. The van der Waals surface area contributed by atoms with Gasteiger partial charge in [-0.25, -0.2) is 12.8 Å². The number of fused-ring (bicyclic) bond motifs is 1. The minimum Gasteiger partial charge on any atom is -0.279 e. The number of rotatable bonds is 3. The second-order valence-corrected chi connectivity index (χ2v) is 8.24. The second kappa shape index (κ2) is 5.95. The molecular formula is C18H19FN2O2S. The third kappa shape index (κ3) is 2.55. The zero-order valence-corrected chi connectivity index (χ0v) is 14.0. The van der Waals surface area contributed by atoms with Crippen LogP contribution in [0.3, 0.4) is 0 Å². The first-order valence-electron chi connectivity index (χ1n) is 8.15. The van der Waals surface area contributed by atoms with Crippen LogP contribution in [0.5, 0.6) is 0 Å². The highest BCUT2D eigenvalue weighted by Gasteiger charge is 2.47. The molecule has 126 valence electrons. The number of benzene rings is 2. The van der Waals surface area contributed by atoms with Gasteiger partial charge in [-0.2, -0.15) is 4.31 Å². The van der Waals surface area contributed by atoms with Gasteiger partial charge < -0.3 is 0 Å². The van der Waals surface area contributed by atoms with Crippen LogP contribution in [0.4, 0.5) is 4.39 Å². The Bertz CT molecular complexity index is 824. The second-order valence-electron chi connectivity index (χ2n) is 6.35. The van der Waals surface area contributed by atoms with Crippen LogP contribution in [-0.4, -0.2) is 36.8 Å². The van der Waals surface area contributed by atoms with Crippen LogP contribution < -0.4 is 0 Å². The quantitative estimate of drug-likeness (QED) is 0.858. The van der Waals surface area contributed by atoms with Crippen molar-refractivity contribution in [2.45, 2.75) is 29.9 Å². The first-order valence-corrected chi connectivity index (χ1v) is 9.59. The summed E-state index contributed by atoms with van der Waals surface area (Å²) >= 11 is 0. The molecule has 2 unspecified atom stereocenters. The molecule has 0 aliphatic carbocycles. The predicted octanol–water partition coefficient (Wildman–Crippen LogP) is 2.99. The first kappa shape index (κ1) is 15.7. The van der Waals surface area contributed by atoms with Crippen molar-refractivity contribution >= 4 is 10.0 Å². The monoisotopic (exact) mass is 346 g/mol. The summed E-state index contributed by atoms with van der Waals surface area (Å²) in [5.74, 6) is -0.435. The van der Waals surface area contributed by atoms with Crippen LogP contribution in [0.1, 0.15) is 24.6 Å². The van der Waals surface area contributed by atoms with E-state index in [-0.39, 0.29) is 17.1 Å². The van der Waals surface area contributed by atoms with Gasteiger partial charge in [-0.15, -0.1) is 0 Å². The van der Waals surface area contributed by atoms with E-state index >= 15 is 0 Å². The molecule has 4 nitrogen and oxygen atoms in total. The lowest BCUT2D eigenvalue weighted by molar-refractivity contribution is 0.198. The molecule has 0 spiro atoms. The average molecular weight is 346 g/mol. The van der Waals surface area contributed by atoms with E-state index in [1.54, 1.807) is 4.31 Å². The Kier molecular flexibility index (Phi) is 3.90. The standard InChI is InChI=1S/C18H19FN2O2S/c19-15-8-10-17(11-9-15)24(22,23)21-13-16-7-4-12-20(16)18(21)14-5-2-1-3-6-14/h1-3,5-6,8-11,16,18H,4,7,12-13H2. The Morgan fingerprint density at radius 2 is 1.71 bits per heavy atom. The number of nitrogens with zero attached hydrogens (tertiary/aromatic N) is 2. The molecule has 2 aromatic rings. The van der Waals surface area contributed by atoms with Gasteiger partial charge in [-0.1, -0.05) is 30.3 Å². The lowest BCUT2D eigenvalue weighted by Crippen LogP contribution is -2.35. The molecule has 0 N–H and O–H groups in total. The van der Waals surface area contributed by atoms with E-state index in [9.17, 15) is 12.8 Å². The lowest BCUT2D eigenvalue weighted by atomic mass is 10.1. The highest BCUT2D eigenvalue weighted by atomic mass is 32.2. The van der Waals surface area contributed by atoms with E-state index < -0.39 is 15.8 Å². The van der Waals surface area contributed by atoms with Crippen molar-refractivity contribution < 1.29 is 12.8 Å². The SMILES string of the molecule is O=S(=O)(c1ccc(F)cc1)N1CC2CCCN2C1c1ccccc1. The summed E-state index contributed by atoms with van der Waals surface area (Å²) in [6.07, 6.45) is 1.82. The van der Waals surface area contributed by atoms with E-state index in [1.807, 2.05) is 30.3 Å². The van der Waals surface area contributed by atoms with Gasteiger partial charge in [0.25, 0.3) is 0 Å². The van der Waals surface area contributed by atoms with Crippen LogP contribution in [0.25, 0.3) is 0 Å². The van der Waals surface area contributed by atoms with E-state index in [4.69, 9.17) is 0 Å². The molecule has 0 saturated carbocycles. The summed E-state index contributed by atoms with van der Waals surface area (Å²) in [4.78, 5) is 2.42. The van der Waals surface area contributed by atoms with Gasteiger partial charge in [0.1, 0.15) is 12.0 Å². The smallest absolute Gasteiger partial charge is 0.244 e. The van der Waals surface area contributed by atoms with Crippen molar-refractivity contribution in [2.75, 3.05) is 13.1 Å². The molecule has 2 aliphatic rings. The Morgan fingerprint density at radius 1 is 1.00 bits per heavy atom. The first-order chi connectivity index (χ1) is 11.6. The fraction of sp³-hybridized carbons (Fsp3) is 0.333. The number of hydrogen-bond donors (Lipinski definition) is 0. The lowest BCUT2D eigenvalue weighted by Gasteiger charge is -2.29. The molecule has 0 aromatic heterocycles. The molecule has 2 saturated heterocycles. The molecule has 6 heteroatoms. The molecular weight excluding hydrogens is 327 g/mol. The van der Waals surface area contributed by atoms with Crippen molar-refractivity contribution in [2.24, 2.45) is 0 Å². The molecule has 0 amide bonds. The summed E-state index contributed by atoms with van der Waals surface area (Å²) < 4.78 is 41.0. The average Bonchev–Trinajstić information content (AvgIpc) is 3.17. The summed E-state index contributed by atoms with van der Waals surface area (Å²) in [7, 11) is -3.67. The Labute approximate surface area is 141 Å². The minimum atomic E-state index is -3.67. The van der Waals surface area contributed by atoms with Crippen LogP contribution in [0.2, 0.25) is 0 Å². The van der Waals surface area contributed by atoms with E-state index in [0.717, 1.165) is 24.9 Å². The number of halogens is 1. The summed E-state index contributed by atoms with van der Waals surface area (Å²) in [6, 6.07) is 15.1. The van der Waals surface area contributed by atoms with Crippen molar-refractivity contribution in [3.63, 3.8) is 0 Å². The highest BCUT2D eigenvalue weighted by molar-refractivity contribution is 7.89. The molecule has 2 atom stereocenters. The van der Waals surface area contributed by atoms with Crippen molar-refractivity contribution in [1.29, 1.82) is 0 Å². The van der Waals surface area contributed by atoms with Crippen LogP contribution in [0.15, 0.2) is 59.5 Å². The predicted molar refractivity (Wildman–Crippen MR) is 89.2 cm³/mol. The zero-order chi connectivity index (χ0) is 16.7. The highest BCUT2D eigenvalue weighted by Crippen LogP contribution is 2.41. The maximum absolute atomic E-state index is 13.2. The minimum absolute atomic E-state index is 0.144. The van der Waals surface area contributed by atoms with E-state index in [2.05, 4.69) is 4.90 Å². The molecule has 2 aliphatic heterocycles. The number of hydrogen-bond acceptors (Lipinski definition) is 3.